The van der Waals surface area contributed by atoms with Crippen molar-refractivity contribution in [1.29, 1.82) is 0 Å². The number of hydrogen-bond acceptors (Lipinski definition) is 4. The number of ether oxygens (including phenoxy) is 1. The fraction of sp³-hybridized carbons (Fsp3) is 0.375. The molecule has 0 amide bonds. The molecule has 1 aliphatic rings. The third-order valence-electron chi connectivity index (χ3n) is 2.13. The van der Waals surface area contributed by atoms with Crippen molar-refractivity contribution in [3.05, 3.63) is 18.2 Å². The van der Waals surface area contributed by atoms with Gasteiger partial charge in [-0.2, -0.15) is 0 Å². The third kappa shape index (κ3) is 1.37. The molecule has 74 valence electrons. The second-order valence-corrected chi connectivity index (χ2v) is 3.37. The Labute approximate surface area is 86.1 Å². The van der Waals surface area contributed by atoms with Crippen LogP contribution in [0.2, 0.25) is 0 Å². The number of carbonyl (C=O) groups excluding carboxylic acids is 1. The molecule has 2 rings (SSSR count). The molecule has 14 heavy (non-hydrogen) atoms. The molecule has 1 atom stereocenters. The first-order valence-corrected chi connectivity index (χ1v) is 4.53. The molecule has 0 unspecified atom stereocenters. The molecule has 0 saturated carbocycles. The third-order valence-corrected chi connectivity index (χ3v) is 2.45. The summed E-state index contributed by atoms with van der Waals surface area (Å²) < 4.78 is 6.38. The monoisotopic (exact) mass is 211 g/mol. The lowest BCUT2D eigenvalue weighted by Gasteiger charge is -2.24. The van der Waals surface area contributed by atoms with Gasteiger partial charge in [-0.3, -0.25) is 4.57 Å². The number of nitrogens with one attached hydrogen (secondary N) is 1. The second kappa shape index (κ2) is 3.38. The lowest BCUT2D eigenvalue weighted by atomic mass is 10.1. The predicted molar refractivity (Wildman–Crippen MR) is 52.9 cm³/mol. The smallest absolute Gasteiger partial charge is 0.328 e. The molecule has 1 aliphatic heterocycles. The summed E-state index contributed by atoms with van der Waals surface area (Å²) in [6.45, 7) is 0. The highest BCUT2D eigenvalue weighted by atomic mass is 32.1. The van der Waals surface area contributed by atoms with E-state index in [2.05, 4.69) is 15.0 Å². The van der Waals surface area contributed by atoms with Gasteiger partial charge in [0.1, 0.15) is 12.4 Å². The summed E-state index contributed by atoms with van der Waals surface area (Å²) in [6, 6.07) is -0.392. The van der Waals surface area contributed by atoms with E-state index in [0.29, 0.717) is 11.5 Å². The van der Waals surface area contributed by atoms with Crippen molar-refractivity contribution in [3.63, 3.8) is 0 Å². The van der Waals surface area contributed by atoms with Crippen LogP contribution in [0.5, 0.6) is 0 Å². The quantitative estimate of drug-likeness (QED) is 0.510. The van der Waals surface area contributed by atoms with Crippen LogP contribution in [0.25, 0.3) is 0 Å². The molecule has 6 heteroatoms. The largest absolute Gasteiger partial charge is 0.467 e. The van der Waals surface area contributed by atoms with Gasteiger partial charge in [0.05, 0.1) is 7.11 Å². The maximum atomic E-state index is 11.3. The minimum absolute atomic E-state index is 0.306. The van der Waals surface area contributed by atoms with Crippen LogP contribution in [0.1, 0.15) is 5.69 Å². The zero-order valence-electron chi connectivity index (χ0n) is 7.56. The lowest BCUT2D eigenvalue weighted by Crippen LogP contribution is -2.49. The Morgan fingerprint density at radius 2 is 2.64 bits per heavy atom. The summed E-state index contributed by atoms with van der Waals surface area (Å²) in [5.74, 6) is -0.306. The van der Waals surface area contributed by atoms with Crippen LogP contribution in [0.3, 0.4) is 0 Å². The average Bonchev–Trinajstić information content (AvgIpc) is 2.64. The van der Waals surface area contributed by atoms with Gasteiger partial charge in [0.15, 0.2) is 5.11 Å². The Bertz CT molecular complexity index is 388. The highest BCUT2D eigenvalue weighted by Crippen LogP contribution is 2.10. The van der Waals surface area contributed by atoms with Crippen LogP contribution in [0, 0.1) is 0 Å². The molecule has 0 aliphatic carbocycles. The maximum absolute atomic E-state index is 11.3. The number of esters is 1. The molecule has 0 spiro atoms. The van der Waals surface area contributed by atoms with E-state index >= 15 is 0 Å². The van der Waals surface area contributed by atoms with Gasteiger partial charge >= 0.3 is 5.97 Å². The fourth-order valence-electron chi connectivity index (χ4n) is 1.42. The molecule has 0 bridgehead atoms. The van der Waals surface area contributed by atoms with Crippen molar-refractivity contribution < 1.29 is 9.53 Å². The number of carbonyl (C=O) groups is 1. The van der Waals surface area contributed by atoms with E-state index in [1.165, 1.54) is 7.11 Å². The first-order valence-electron chi connectivity index (χ1n) is 4.12. The summed E-state index contributed by atoms with van der Waals surface area (Å²) in [6.07, 6.45) is 3.87. The van der Waals surface area contributed by atoms with E-state index in [4.69, 9.17) is 12.2 Å². The predicted octanol–water partition coefficient (Wildman–Crippen LogP) is -0.297. The molecule has 5 nitrogen and oxygen atoms in total. The summed E-state index contributed by atoms with van der Waals surface area (Å²) in [5, 5.41) is 3.37. The number of rotatable bonds is 1. The molecule has 1 aromatic rings. The molecule has 0 fully saturated rings. The van der Waals surface area contributed by atoms with Crippen molar-refractivity contribution in [3.8, 4) is 0 Å². The van der Waals surface area contributed by atoms with Gasteiger partial charge in [0.2, 0.25) is 0 Å². The highest BCUT2D eigenvalue weighted by molar-refractivity contribution is 7.80. The molecule has 0 aromatic carbocycles. The molecular weight excluding hydrogens is 202 g/mol. The molecule has 1 N–H and O–H groups in total. The second-order valence-electron chi connectivity index (χ2n) is 2.98. The van der Waals surface area contributed by atoms with Gasteiger partial charge in [-0.15, -0.1) is 0 Å². The number of thiocarbonyl (C=S) groups is 1. The van der Waals surface area contributed by atoms with Crippen molar-refractivity contribution in [2.75, 3.05) is 7.11 Å². The Morgan fingerprint density at radius 3 is 3.36 bits per heavy atom. The van der Waals surface area contributed by atoms with Gasteiger partial charge < -0.3 is 10.1 Å². The van der Waals surface area contributed by atoms with E-state index in [0.717, 1.165) is 5.69 Å². The lowest BCUT2D eigenvalue weighted by molar-refractivity contribution is -0.142. The first kappa shape index (κ1) is 9.14. The zero-order valence-corrected chi connectivity index (χ0v) is 8.37. The summed E-state index contributed by atoms with van der Waals surface area (Å²) in [5.41, 5.74) is 0.921. The Balaban J connectivity index is 2.25. The summed E-state index contributed by atoms with van der Waals surface area (Å²) >= 11 is 5.06. The Hall–Kier alpha value is -1.43. The number of aromatic nitrogens is 2. The summed E-state index contributed by atoms with van der Waals surface area (Å²) in [7, 11) is 1.36. The van der Waals surface area contributed by atoms with Crippen LogP contribution < -0.4 is 5.32 Å². The molecule has 1 aromatic heterocycles. The van der Waals surface area contributed by atoms with Crippen LogP contribution in [-0.4, -0.2) is 33.8 Å². The number of methoxy groups -OCH3 is 1. The fourth-order valence-corrected chi connectivity index (χ4v) is 1.73. The van der Waals surface area contributed by atoms with Crippen LogP contribution in [0.4, 0.5) is 0 Å². The van der Waals surface area contributed by atoms with E-state index in [9.17, 15) is 4.79 Å². The zero-order chi connectivity index (χ0) is 10.1. The first-order chi connectivity index (χ1) is 6.72. The van der Waals surface area contributed by atoms with Gasteiger partial charge in [-0.25, -0.2) is 9.78 Å². The van der Waals surface area contributed by atoms with Crippen molar-refractivity contribution >= 4 is 23.3 Å². The Kier molecular flexibility index (Phi) is 2.20. The number of hydrogen-bond donors (Lipinski definition) is 1. The van der Waals surface area contributed by atoms with E-state index < -0.39 is 6.04 Å². The topological polar surface area (TPSA) is 56.1 Å². The Morgan fingerprint density at radius 1 is 1.86 bits per heavy atom. The SMILES string of the molecule is COC(=O)[C@@H]1Cc2cncn2C(=S)N1. The standard InChI is InChI=1S/C8H9N3O2S/c1-13-7(12)6-2-5-3-9-4-11(5)8(14)10-6/h3-4,6H,2H2,1H3,(H,10,14)/t6-/m0/s1. The van der Waals surface area contributed by atoms with Crippen LogP contribution in [-0.2, 0) is 16.0 Å². The minimum atomic E-state index is -0.392. The van der Waals surface area contributed by atoms with Gasteiger partial charge in [0, 0.05) is 18.3 Å². The average molecular weight is 211 g/mol. The number of fused-ring (bicyclic) bond motifs is 1. The van der Waals surface area contributed by atoms with Crippen LogP contribution in [0.15, 0.2) is 12.5 Å². The van der Waals surface area contributed by atoms with Gasteiger partial charge in [0.25, 0.3) is 0 Å². The van der Waals surface area contributed by atoms with Gasteiger partial charge in [-0.05, 0) is 12.2 Å². The van der Waals surface area contributed by atoms with Gasteiger partial charge in [-0.1, -0.05) is 0 Å². The van der Waals surface area contributed by atoms with Crippen molar-refractivity contribution in [2.24, 2.45) is 0 Å². The molecule has 2 heterocycles. The number of nitrogens with zero attached hydrogens (tertiary/aromatic N) is 2. The van der Waals surface area contributed by atoms with E-state index in [1.54, 1.807) is 17.1 Å². The highest BCUT2D eigenvalue weighted by Gasteiger charge is 2.27. The maximum Gasteiger partial charge on any atom is 0.328 e. The normalized spacial score (nSPS) is 19.8. The van der Waals surface area contributed by atoms with Crippen molar-refractivity contribution in [2.45, 2.75) is 12.5 Å². The van der Waals surface area contributed by atoms with Crippen molar-refractivity contribution in [1.82, 2.24) is 14.9 Å². The molecule has 0 radical (unpaired) electrons. The minimum Gasteiger partial charge on any atom is -0.467 e. The summed E-state index contributed by atoms with van der Waals surface area (Å²) in [4.78, 5) is 15.2. The number of imidazole rings is 1. The van der Waals surface area contributed by atoms with E-state index in [1.807, 2.05) is 0 Å². The van der Waals surface area contributed by atoms with Crippen LogP contribution >= 0.6 is 12.2 Å². The molecule has 0 saturated heterocycles. The van der Waals surface area contributed by atoms with E-state index in [-0.39, 0.29) is 5.97 Å². The molecular formula is C8H9N3O2S.